The summed E-state index contributed by atoms with van der Waals surface area (Å²) in [6.07, 6.45) is 5.88. The molecule has 3 aromatic rings. The standard InChI is InChI=1S/C21H26N2O/c1-15-17(8-7-9-18(15)20-22(5)12-13-24-20)19-11-10-16(14-23(19)6)21(2,3)4/h7-14H,1-6H3/q+2. The summed E-state index contributed by atoms with van der Waals surface area (Å²) in [5, 5.41) is 0. The molecule has 0 radical (unpaired) electrons. The van der Waals surface area contributed by atoms with E-state index < -0.39 is 0 Å². The van der Waals surface area contributed by atoms with Crippen LogP contribution in [0.2, 0.25) is 0 Å². The molecule has 0 bridgehead atoms. The Morgan fingerprint density at radius 2 is 1.62 bits per heavy atom. The Labute approximate surface area is 144 Å². The summed E-state index contributed by atoms with van der Waals surface area (Å²) < 4.78 is 9.90. The maximum absolute atomic E-state index is 5.67. The third kappa shape index (κ3) is 2.86. The SMILES string of the molecule is Cc1c(-c2ccc(C(C)(C)C)c[n+]2C)cccc1-c1occ[n+]1C. The predicted molar refractivity (Wildman–Crippen MR) is 95.4 cm³/mol. The van der Waals surface area contributed by atoms with Crippen molar-refractivity contribution in [1.29, 1.82) is 0 Å². The van der Waals surface area contributed by atoms with E-state index in [1.165, 1.54) is 22.4 Å². The van der Waals surface area contributed by atoms with Gasteiger partial charge in [0.15, 0.2) is 12.5 Å². The van der Waals surface area contributed by atoms with Crippen LogP contribution in [0.1, 0.15) is 31.9 Å². The number of hydrogen-bond donors (Lipinski definition) is 0. The zero-order valence-corrected chi connectivity index (χ0v) is 15.4. The van der Waals surface area contributed by atoms with Crippen LogP contribution in [-0.2, 0) is 19.5 Å². The summed E-state index contributed by atoms with van der Waals surface area (Å²) in [4.78, 5) is 0. The maximum atomic E-state index is 5.67. The third-order valence-electron chi connectivity index (χ3n) is 4.62. The number of pyridine rings is 1. The van der Waals surface area contributed by atoms with E-state index >= 15 is 0 Å². The first-order chi connectivity index (χ1) is 11.3. The molecule has 0 saturated carbocycles. The fourth-order valence-electron chi connectivity index (χ4n) is 3.07. The minimum absolute atomic E-state index is 0.148. The molecule has 2 heterocycles. The molecule has 24 heavy (non-hydrogen) atoms. The highest BCUT2D eigenvalue weighted by molar-refractivity contribution is 5.71. The lowest BCUT2D eigenvalue weighted by Crippen LogP contribution is -2.33. The smallest absolute Gasteiger partial charge is 0.380 e. The summed E-state index contributed by atoms with van der Waals surface area (Å²) >= 11 is 0. The highest BCUT2D eigenvalue weighted by Crippen LogP contribution is 2.30. The van der Waals surface area contributed by atoms with Gasteiger partial charge in [-0.1, -0.05) is 26.8 Å². The molecule has 3 nitrogen and oxygen atoms in total. The minimum Gasteiger partial charge on any atom is -0.406 e. The number of benzene rings is 1. The lowest BCUT2D eigenvalue weighted by Gasteiger charge is -2.17. The van der Waals surface area contributed by atoms with Gasteiger partial charge in [-0.05, 0) is 36.1 Å². The number of oxazole rings is 1. The molecule has 0 saturated heterocycles. The number of aromatic nitrogens is 2. The summed E-state index contributed by atoms with van der Waals surface area (Å²) in [7, 11) is 4.12. The number of hydrogen-bond acceptors (Lipinski definition) is 1. The lowest BCUT2D eigenvalue weighted by atomic mass is 9.87. The van der Waals surface area contributed by atoms with Crippen LogP contribution < -0.4 is 9.13 Å². The van der Waals surface area contributed by atoms with Gasteiger partial charge in [-0.15, -0.1) is 0 Å². The van der Waals surface area contributed by atoms with E-state index in [1.54, 1.807) is 6.26 Å². The normalized spacial score (nSPS) is 11.8. The second-order valence-electron chi connectivity index (χ2n) is 7.46. The van der Waals surface area contributed by atoms with Crippen LogP contribution in [0.5, 0.6) is 0 Å². The third-order valence-corrected chi connectivity index (χ3v) is 4.62. The van der Waals surface area contributed by atoms with Gasteiger partial charge in [0.25, 0.3) is 0 Å². The van der Waals surface area contributed by atoms with Crippen LogP contribution in [0, 0.1) is 6.92 Å². The first-order valence-electron chi connectivity index (χ1n) is 8.32. The molecular weight excluding hydrogens is 296 g/mol. The van der Waals surface area contributed by atoms with Crippen molar-refractivity contribution in [1.82, 2.24) is 0 Å². The first-order valence-corrected chi connectivity index (χ1v) is 8.32. The zero-order valence-electron chi connectivity index (χ0n) is 15.4. The molecule has 0 atom stereocenters. The van der Waals surface area contributed by atoms with Gasteiger partial charge in [0.1, 0.15) is 14.1 Å². The monoisotopic (exact) mass is 322 g/mol. The topological polar surface area (TPSA) is 20.9 Å². The van der Waals surface area contributed by atoms with Crippen molar-refractivity contribution >= 4 is 0 Å². The Bertz CT molecular complexity index is 885. The zero-order chi connectivity index (χ0) is 17.5. The Balaban J connectivity index is 2.13. The van der Waals surface area contributed by atoms with E-state index in [9.17, 15) is 0 Å². The van der Waals surface area contributed by atoms with Crippen LogP contribution >= 0.6 is 0 Å². The molecule has 124 valence electrons. The van der Waals surface area contributed by atoms with Crippen molar-refractivity contribution in [3.05, 3.63) is 60.1 Å². The van der Waals surface area contributed by atoms with Crippen LogP contribution in [0.4, 0.5) is 0 Å². The molecule has 0 spiro atoms. The second kappa shape index (κ2) is 5.90. The van der Waals surface area contributed by atoms with E-state index in [-0.39, 0.29) is 5.41 Å². The van der Waals surface area contributed by atoms with Crippen molar-refractivity contribution in [2.45, 2.75) is 33.1 Å². The Kier molecular flexibility index (Phi) is 4.04. The fraction of sp³-hybridized carbons (Fsp3) is 0.333. The van der Waals surface area contributed by atoms with Crippen molar-refractivity contribution in [2.75, 3.05) is 0 Å². The lowest BCUT2D eigenvalue weighted by molar-refractivity contribution is -0.662. The van der Waals surface area contributed by atoms with E-state index in [0.29, 0.717) is 0 Å². The van der Waals surface area contributed by atoms with Gasteiger partial charge in [0.05, 0.1) is 11.1 Å². The highest BCUT2D eigenvalue weighted by atomic mass is 16.3. The number of nitrogens with zero attached hydrogens (tertiary/aromatic N) is 2. The molecular formula is C21H26N2O+2. The van der Waals surface area contributed by atoms with Crippen molar-refractivity contribution in [3.8, 4) is 22.7 Å². The molecule has 2 aromatic heterocycles. The largest absolute Gasteiger partial charge is 0.406 e. The molecule has 0 aliphatic rings. The average Bonchev–Trinajstić information content (AvgIpc) is 2.93. The molecule has 0 aliphatic carbocycles. The number of aryl methyl sites for hydroxylation is 2. The summed E-state index contributed by atoms with van der Waals surface area (Å²) in [6.45, 7) is 8.88. The van der Waals surface area contributed by atoms with Crippen LogP contribution in [-0.4, -0.2) is 0 Å². The first kappa shape index (κ1) is 16.4. The molecule has 0 fully saturated rings. The highest BCUT2D eigenvalue weighted by Gasteiger charge is 2.23. The van der Waals surface area contributed by atoms with E-state index in [1.807, 2.05) is 17.8 Å². The van der Waals surface area contributed by atoms with Gasteiger partial charge < -0.3 is 4.42 Å². The molecule has 1 aromatic carbocycles. The van der Waals surface area contributed by atoms with Gasteiger partial charge in [-0.2, -0.15) is 4.57 Å². The van der Waals surface area contributed by atoms with Gasteiger partial charge in [-0.25, -0.2) is 4.57 Å². The van der Waals surface area contributed by atoms with Gasteiger partial charge in [0.2, 0.25) is 11.9 Å². The van der Waals surface area contributed by atoms with Gasteiger partial charge in [0, 0.05) is 11.6 Å². The molecule has 0 N–H and O–H groups in total. The Morgan fingerprint density at radius 1 is 0.917 bits per heavy atom. The number of rotatable bonds is 2. The Morgan fingerprint density at radius 3 is 2.21 bits per heavy atom. The molecule has 0 amide bonds. The maximum Gasteiger partial charge on any atom is 0.380 e. The minimum atomic E-state index is 0.148. The molecule has 0 aliphatic heterocycles. The van der Waals surface area contributed by atoms with Crippen LogP contribution in [0.3, 0.4) is 0 Å². The van der Waals surface area contributed by atoms with Crippen LogP contribution in [0.25, 0.3) is 22.7 Å². The van der Waals surface area contributed by atoms with Crippen molar-refractivity contribution < 1.29 is 13.6 Å². The quantitative estimate of drug-likeness (QED) is 0.656. The van der Waals surface area contributed by atoms with E-state index in [4.69, 9.17) is 4.42 Å². The van der Waals surface area contributed by atoms with Gasteiger partial charge in [-0.3, -0.25) is 0 Å². The van der Waals surface area contributed by atoms with E-state index in [0.717, 1.165) is 11.5 Å². The van der Waals surface area contributed by atoms with Crippen LogP contribution in [0.15, 0.2) is 53.4 Å². The van der Waals surface area contributed by atoms with Gasteiger partial charge >= 0.3 is 5.89 Å². The predicted octanol–water partition coefficient (Wildman–Crippen LogP) is 3.87. The summed E-state index contributed by atoms with van der Waals surface area (Å²) in [5.41, 5.74) is 6.26. The summed E-state index contributed by atoms with van der Waals surface area (Å²) in [6, 6.07) is 10.8. The second-order valence-corrected chi connectivity index (χ2v) is 7.46. The molecule has 3 heteroatoms. The molecule has 0 unspecified atom stereocenters. The van der Waals surface area contributed by atoms with Crippen molar-refractivity contribution in [2.24, 2.45) is 14.1 Å². The Hall–Kier alpha value is -2.42. The molecule has 3 rings (SSSR count). The van der Waals surface area contributed by atoms with E-state index in [2.05, 4.69) is 75.8 Å². The fourth-order valence-corrected chi connectivity index (χ4v) is 3.07. The summed E-state index contributed by atoms with van der Waals surface area (Å²) in [5.74, 6) is 0.878. The van der Waals surface area contributed by atoms with Crippen molar-refractivity contribution in [3.63, 3.8) is 0 Å². The average molecular weight is 322 g/mol.